The number of para-hydroxylation sites is 1. The van der Waals surface area contributed by atoms with Crippen molar-refractivity contribution in [3.05, 3.63) is 71.4 Å². The predicted octanol–water partition coefficient (Wildman–Crippen LogP) is 2.83. The Morgan fingerprint density at radius 1 is 1.17 bits per heavy atom. The van der Waals surface area contributed by atoms with E-state index >= 15 is 0 Å². The molecule has 0 saturated carbocycles. The van der Waals surface area contributed by atoms with E-state index in [-0.39, 0.29) is 17.2 Å². The van der Waals surface area contributed by atoms with Crippen molar-refractivity contribution in [2.75, 3.05) is 13.1 Å². The second-order valence-corrected chi connectivity index (χ2v) is 10.8. The number of nitrogens with zero attached hydrogens (tertiary/aromatic N) is 1. The number of aliphatic hydroxyl groups excluding tert-OH is 1. The number of likely N-dealkylation sites (tertiary alicyclic amines) is 1. The normalized spacial score (nSPS) is 20.1. The molecule has 5 rings (SSSR count). The summed E-state index contributed by atoms with van der Waals surface area (Å²) in [6.07, 6.45) is 4.07. The average Bonchev–Trinajstić information content (AvgIpc) is 3.37. The molecule has 2 heterocycles. The Morgan fingerprint density at radius 2 is 1.86 bits per heavy atom. The van der Waals surface area contributed by atoms with Crippen molar-refractivity contribution in [1.29, 1.82) is 0 Å². The fourth-order valence-electron chi connectivity index (χ4n) is 5.68. The van der Waals surface area contributed by atoms with E-state index in [1.165, 1.54) is 5.56 Å². The third-order valence-electron chi connectivity index (χ3n) is 7.83. The van der Waals surface area contributed by atoms with Gasteiger partial charge in [0.05, 0.1) is 11.6 Å². The van der Waals surface area contributed by atoms with Gasteiger partial charge in [-0.05, 0) is 55.9 Å². The molecule has 2 aromatic carbocycles. The molecule has 35 heavy (non-hydrogen) atoms. The molecule has 1 aromatic heterocycles. The second-order valence-electron chi connectivity index (χ2n) is 10.8. The van der Waals surface area contributed by atoms with E-state index in [0.29, 0.717) is 19.5 Å². The minimum atomic E-state index is -1.09. The van der Waals surface area contributed by atoms with Crippen molar-refractivity contribution in [3.8, 4) is 0 Å². The molecule has 3 aromatic rings. The summed E-state index contributed by atoms with van der Waals surface area (Å²) in [5.74, 6) is -0.460. The van der Waals surface area contributed by atoms with E-state index in [4.69, 9.17) is 5.73 Å². The smallest absolute Gasteiger partial charge is 0.245 e. The molecule has 1 spiro atoms. The van der Waals surface area contributed by atoms with Crippen LogP contribution in [0.4, 0.5) is 0 Å². The third kappa shape index (κ3) is 4.34. The average molecular weight is 475 g/mol. The van der Waals surface area contributed by atoms with Gasteiger partial charge in [0.15, 0.2) is 0 Å². The number of benzene rings is 2. The summed E-state index contributed by atoms with van der Waals surface area (Å²) in [4.78, 5) is 31.6. The first-order valence-corrected chi connectivity index (χ1v) is 12.4. The number of carbonyl (C=O) groups excluding carboxylic acids is 2. The monoisotopic (exact) mass is 474 g/mol. The zero-order valence-corrected chi connectivity index (χ0v) is 20.4. The molecule has 1 saturated heterocycles. The first-order chi connectivity index (χ1) is 16.7. The molecule has 0 bridgehead atoms. The summed E-state index contributed by atoms with van der Waals surface area (Å²) in [6, 6.07) is 15.3. The van der Waals surface area contributed by atoms with Crippen LogP contribution in [-0.2, 0) is 22.4 Å². The summed E-state index contributed by atoms with van der Waals surface area (Å²) in [5.41, 5.74) is 8.90. The highest BCUT2D eigenvalue weighted by atomic mass is 16.3. The van der Waals surface area contributed by atoms with Gasteiger partial charge in [0.2, 0.25) is 11.8 Å². The molecule has 2 aliphatic rings. The van der Waals surface area contributed by atoms with Crippen LogP contribution >= 0.6 is 0 Å². The zero-order chi connectivity index (χ0) is 24.8. The Kier molecular flexibility index (Phi) is 5.93. The first kappa shape index (κ1) is 23.6. The number of aromatic nitrogens is 1. The Bertz CT molecular complexity index is 1250. The summed E-state index contributed by atoms with van der Waals surface area (Å²) in [6.45, 7) is 4.38. The van der Waals surface area contributed by atoms with Crippen LogP contribution in [0.2, 0.25) is 0 Å². The second kappa shape index (κ2) is 8.81. The lowest BCUT2D eigenvalue weighted by Crippen LogP contribution is -2.58. The van der Waals surface area contributed by atoms with Crippen molar-refractivity contribution in [2.24, 2.45) is 11.1 Å². The number of aliphatic hydroxyl groups is 1. The van der Waals surface area contributed by atoms with E-state index in [0.717, 1.165) is 41.3 Å². The molecule has 1 aliphatic heterocycles. The Morgan fingerprint density at radius 3 is 2.57 bits per heavy atom. The number of carbonyl (C=O) groups is 2. The van der Waals surface area contributed by atoms with Crippen molar-refractivity contribution < 1.29 is 14.7 Å². The van der Waals surface area contributed by atoms with Crippen molar-refractivity contribution >= 4 is 22.7 Å². The van der Waals surface area contributed by atoms with Crippen molar-refractivity contribution in [3.63, 3.8) is 0 Å². The summed E-state index contributed by atoms with van der Waals surface area (Å²) < 4.78 is 0. The standard InChI is InChI=1S/C28H34N4O3/c1-27(2,29)26(35)31-23(15-19-17-30-22-10-6-5-8-20(19)22)25(34)32-13-11-28(12-14-32)16-18-7-3-4-9-21(18)24(28)33/h3-10,17,23-24,30,33H,11-16,29H2,1-2H3,(H,31,35). The highest BCUT2D eigenvalue weighted by Crippen LogP contribution is 2.51. The number of hydrogen-bond donors (Lipinski definition) is 4. The number of H-pyrrole nitrogens is 1. The van der Waals surface area contributed by atoms with Crippen LogP contribution in [0, 0.1) is 5.41 Å². The van der Waals surface area contributed by atoms with E-state index in [9.17, 15) is 14.7 Å². The molecule has 5 N–H and O–H groups in total. The Labute approximate surface area is 205 Å². The molecule has 7 nitrogen and oxygen atoms in total. The fraction of sp³-hybridized carbons (Fsp3) is 0.429. The molecular weight excluding hydrogens is 440 g/mol. The van der Waals surface area contributed by atoms with Gasteiger partial charge in [0.25, 0.3) is 0 Å². The van der Waals surface area contributed by atoms with Gasteiger partial charge in [-0.15, -0.1) is 0 Å². The van der Waals surface area contributed by atoms with Crippen LogP contribution in [0.25, 0.3) is 10.9 Å². The molecule has 7 heteroatoms. The number of amides is 2. The maximum Gasteiger partial charge on any atom is 0.245 e. The predicted molar refractivity (Wildman–Crippen MR) is 136 cm³/mol. The Balaban J connectivity index is 1.34. The van der Waals surface area contributed by atoms with E-state index in [1.807, 2.05) is 53.6 Å². The molecule has 1 aliphatic carbocycles. The van der Waals surface area contributed by atoms with Crippen LogP contribution in [0.15, 0.2) is 54.7 Å². The minimum absolute atomic E-state index is 0.104. The maximum absolute atomic E-state index is 13.7. The Hall–Kier alpha value is -3.16. The highest BCUT2D eigenvalue weighted by Gasteiger charge is 2.47. The molecular formula is C28H34N4O3. The van der Waals surface area contributed by atoms with Gasteiger partial charge < -0.3 is 26.0 Å². The number of nitrogens with two attached hydrogens (primary N) is 1. The van der Waals surface area contributed by atoms with E-state index in [2.05, 4.69) is 16.4 Å². The molecule has 1 fully saturated rings. The topological polar surface area (TPSA) is 111 Å². The van der Waals surface area contributed by atoms with Gasteiger partial charge in [-0.3, -0.25) is 9.59 Å². The van der Waals surface area contributed by atoms with Crippen LogP contribution in [-0.4, -0.2) is 51.5 Å². The number of hydrogen-bond acceptors (Lipinski definition) is 4. The maximum atomic E-state index is 13.7. The number of aromatic amines is 1. The first-order valence-electron chi connectivity index (χ1n) is 12.4. The van der Waals surface area contributed by atoms with Gasteiger partial charge in [-0.1, -0.05) is 42.5 Å². The third-order valence-corrected chi connectivity index (χ3v) is 7.83. The lowest BCUT2D eigenvalue weighted by molar-refractivity contribution is -0.140. The van der Waals surface area contributed by atoms with Crippen LogP contribution in [0.5, 0.6) is 0 Å². The lowest BCUT2D eigenvalue weighted by atomic mass is 9.74. The van der Waals surface area contributed by atoms with Crippen LogP contribution in [0.3, 0.4) is 0 Å². The van der Waals surface area contributed by atoms with Gasteiger partial charge in [-0.25, -0.2) is 0 Å². The van der Waals surface area contributed by atoms with Gasteiger partial charge in [0.1, 0.15) is 6.04 Å². The van der Waals surface area contributed by atoms with Crippen molar-refractivity contribution in [2.45, 2.75) is 57.2 Å². The number of piperidine rings is 1. The van der Waals surface area contributed by atoms with Gasteiger partial charge >= 0.3 is 0 Å². The lowest BCUT2D eigenvalue weighted by Gasteiger charge is -2.42. The van der Waals surface area contributed by atoms with Gasteiger partial charge in [0, 0.05) is 42.0 Å². The van der Waals surface area contributed by atoms with E-state index < -0.39 is 17.7 Å². The summed E-state index contributed by atoms with van der Waals surface area (Å²) in [5, 5.41) is 15.1. The largest absolute Gasteiger partial charge is 0.388 e. The SMILES string of the molecule is CC(C)(N)C(=O)NC(Cc1c[nH]c2ccccc12)C(=O)N1CCC2(CC1)Cc1ccccc1C2O. The van der Waals surface area contributed by atoms with E-state index in [1.54, 1.807) is 13.8 Å². The summed E-state index contributed by atoms with van der Waals surface area (Å²) in [7, 11) is 0. The number of fused-ring (bicyclic) bond motifs is 2. The molecule has 2 amide bonds. The van der Waals surface area contributed by atoms with Crippen molar-refractivity contribution in [1.82, 2.24) is 15.2 Å². The fourth-order valence-corrected chi connectivity index (χ4v) is 5.68. The number of rotatable bonds is 5. The highest BCUT2D eigenvalue weighted by molar-refractivity contribution is 5.92. The van der Waals surface area contributed by atoms with Crippen LogP contribution < -0.4 is 11.1 Å². The molecule has 0 radical (unpaired) electrons. The molecule has 2 unspecified atom stereocenters. The molecule has 184 valence electrons. The summed E-state index contributed by atoms with van der Waals surface area (Å²) >= 11 is 0. The van der Waals surface area contributed by atoms with Gasteiger partial charge in [-0.2, -0.15) is 0 Å². The minimum Gasteiger partial charge on any atom is -0.388 e. The zero-order valence-electron chi connectivity index (χ0n) is 20.4. The van der Waals surface area contributed by atoms with Crippen LogP contribution in [0.1, 0.15) is 49.5 Å². The molecule has 2 atom stereocenters. The quantitative estimate of drug-likeness (QED) is 0.456. The number of nitrogens with one attached hydrogen (secondary N) is 2.